The maximum atomic E-state index is 12.9. The van der Waals surface area contributed by atoms with E-state index in [0.717, 1.165) is 0 Å². The molecular weight excluding hydrogens is 217 g/mol. The van der Waals surface area contributed by atoms with E-state index in [2.05, 4.69) is 0 Å². The molecule has 1 aliphatic heterocycles. The van der Waals surface area contributed by atoms with Gasteiger partial charge < -0.3 is 5.73 Å². The summed E-state index contributed by atoms with van der Waals surface area (Å²) in [5, 5.41) is 0. The highest BCUT2D eigenvalue weighted by Gasteiger charge is 2.47. The maximum absolute atomic E-state index is 12.9. The van der Waals surface area contributed by atoms with Crippen LogP contribution in [0.25, 0.3) is 0 Å². The van der Waals surface area contributed by atoms with E-state index in [1.807, 2.05) is 0 Å². The molecule has 16 heavy (non-hydrogen) atoms. The molecule has 0 radical (unpaired) electrons. The molecule has 1 saturated heterocycles. The van der Waals surface area contributed by atoms with Gasteiger partial charge in [0.2, 0.25) is 0 Å². The van der Waals surface area contributed by atoms with Gasteiger partial charge in [0.05, 0.1) is 0 Å². The van der Waals surface area contributed by atoms with Crippen molar-refractivity contribution in [3.63, 3.8) is 0 Å². The summed E-state index contributed by atoms with van der Waals surface area (Å²) in [4.78, 5) is 1.36. The lowest BCUT2D eigenvalue weighted by Gasteiger charge is -2.43. The molecule has 0 saturated carbocycles. The molecule has 1 heterocycles. The van der Waals surface area contributed by atoms with Crippen LogP contribution in [0.1, 0.15) is 11.6 Å². The van der Waals surface area contributed by atoms with Crippen LogP contribution < -0.4 is 5.73 Å². The third-order valence-electron chi connectivity index (χ3n) is 2.73. The monoisotopic (exact) mass is 230 g/mol. The zero-order valence-electron chi connectivity index (χ0n) is 8.61. The first-order chi connectivity index (χ1) is 7.48. The number of hydrogen-bond acceptors (Lipinski definition) is 2. The van der Waals surface area contributed by atoms with E-state index in [0.29, 0.717) is 13.1 Å². The van der Waals surface area contributed by atoms with Gasteiger partial charge in [0.15, 0.2) is 0 Å². The van der Waals surface area contributed by atoms with E-state index < -0.39 is 12.2 Å². The molecule has 2 N–H and O–H groups in total. The molecule has 0 bridgehead atoms. The maximum Gasteiger partial charge on any atom is 0.408 e. The van der Waals surface area contributed by atoms with Crippen LogP contribution >= 0.6 is 0 Å². The van der Waals surface area contributed by atoms with Crippen LogP contribution in [-0.2, 0) is 0 Å². The number of nitrogens with zero attached hydrogens (tertiary/aromatic N) is 1. The molecule has 1 unspecified atom stereocenters. The third-order valence-corrected chi connectivity index (χ3v) is 2.73. The summed E-state index contributed by atoms with van der Waals surface area (Å²) in [5.74, 6) is 0. The molecule has 1 aliphatic rings. The van der Waals surface area contributed by atoms with Crippen molar-refractivity contribution in [1.29, 1.82) is 0 Å². The normalized spacial score (nSPS) is 20.5. The van der Waals surface area contributed by atoms with Crippen molar-refractivity contribution < 1.29 is 13.2 Å². The van der Waals surface area contributed by atoms with Crippen LogP contribution in [-0.4, -0.2) is 30.2 Å². The number of halogens is 3. The number of likely N-dealkylation sites (tertiary alicyclic amines) is 1. The van der Waals surface area contributed by atoms with E-state index in [-0.39, 0.29) is 11.6 Å². The van der Waals surface area contributed by atoms with Crippen LogP contribution in [0.2, 0.25) is 0 Å². The van der Waals surface area contributed by atoms with Gasteiger partial charge in [0.25, 0.3) is 0 Å². The molecule has 0 aliphatic carbocycles. The van der Waals surface area contributed by atoms with Crippen LogP contribution in [0, 0.1) is 0 Å². The summed E-state index contributed by atoms with van der Waals surface area (Å²) in [7, 11) is 0. The minimum Gasteiger partial charge on any atom is -0.325 e. The first-order valence-corrected chi connectivity index (χ1v) is 5.10. The topological polar surface area (TPSA) is 29.3 Å². The minimum absolute atomic E-state index is 0.131. The fourth-order valence-corrected chi connectivity index (χ4v) is 2.00. The molecule has 0 amide bonds. The molecule has 88 valence electrons. The van der Waals surface area contributed by atoms with E-state index in [1.54, 1.807) is 18.2 Å². The van der Waals surface area contributed by atoms with Crippen LogP contribution in [0.4, 0.5) is 13.2 Å². The second-order valence-corrected chi connectivity index (χ2v) is 4.07. The van der Waals surface area contributed by atoms with Crippen molar-refractivity contribution in [3.05, 3.63) is 35.9 Å². The van der Waals surface area contributed by atoms with Crippen LogP contribution in [0.5, 0.6) is 0 Å². The Kier molecular flexibility index (Phi) is 2.90. The fourth-order valence-electron chi connectivity index (χ4n) is 2.00. The standard InChI is InChI=1S/C11H13F3N2/c12-11(13,14)10(16-6-9(15)7-16)8-4-2-1-3-5-8/h1-5,9-10H,6-7,15H2. The Morgan fingerprint density at radius 3 is 2.19 bits per heavy atom. The highest BCUT2D eigenvalue weighted by molar-refractivity contribution is 5.21. The Labute approximate surface area is 91.8 Å². The van der Waals surface area contributed by atoms with E-state index in [9.17, 15) is 13.2 Å². The van der Waals surface area contributed by atoms with Crippen LogP contribution in [0.3, 0.4) is 0 Å². The van der Waals surface area contributed by atoms with Gasteiger partial charge in [-0.2, -0.15) is 13.2 Å². The molecule has 1 fully saturated rings. The average Bonchev–Trinajstić information content (AvgIpc) is 2.15. The number of benzene rings is 1. The van der Waals surface area contributed by atoms with E-state index >= 15 is 0 Å². The molecule has 2 rings (SSSR count). The van der Waals surface area contributed by atoms with Gasteiger partial charge in [0, 0.05) is 19.1 Å². The molecule has 0 aromatic heterocycles. The summed E-state index contributed by atoms with van der Waals surface area (Å²) in [6.07, 6.45) is -4.25. The highest BCUT2D eigenvalue weighted by atomic mass is 19.4. The summed E-state index contributed by atoms with van der Waals surface area (Å²) in [5.41, 5.74) is 5.80. The Balaban J connectivity index is 2.23. The van der Waals surface area contributed by atoms with Crippen molar-refractivity contribution in [3.8, 4) is 0 Å². The van der Waals surface area contributed by atoms with E-state index in [1.165, 1.54) is 17.0 Å². The highest BCUT2D eigenvalue weighted by Crippen LogP contribution is 2.39. The van der Waals surface area contributed by atoms with Gasteiger partial charge >= 0.3 is 6.18 Å². The van der Waals surface area contributed by atoms with Gasteiger partial charge in [-0.25, -0.2) is 0 Å². The summed E-state index contributed by atoms with van der Waals surface area (Å²) in [6.45, 7) is 0.609. The van der Waals surface area contributed by atoms with Crippen molar-refractivity contribution in [2.45, 2.75) is 18.3 Å². The Morgan fingerprint density at radius 1 is 1.19 bits per heavy atom. The largest absolute Gasteiger partial charge is 0.408 e. The van der Waals surface area contributed by atoms with Gasteiger partial charge in [-0.05, 0) is 5.56 Å². The minimum atomic E-state index is -4.25. The van der Waals surface area contributed by atoms with E-state index in [4.69, 9.17) is 5.73 Å². The Bertz CT molecular complexity index is 344. The lowest BCUT2D eigenvalue weighted by atomic mass is 9.99. The predicted molar refractivity (Wildman–Crippen MR) is 54.8 cm³/mol. The van der Waals surface area contributed by atoms with Gasteiger partial charge in [-0.3, -0.25) is 4.90 Å². The fraction of sp³-hybridized carbons (Fsp3) is 0.455. The third kappa shape index (κ3) is 2.20. The molecule has 1 aromatic carbocycles. The number of hydrogen-bond donors (Lipinski definition) is 1. The molecule has 1 atom stereocenters. The van der Waals surface area contributed by atoms with Crippen molar-refractivity contribution >= 4 is 0 Å². The summed E-state index contributed by atoms with van der Waals surface area (Å²) in [6, 6.07) is 6.30. The van der Waals surface area contributed by atoms with Gasteiger partial charge in [0.1, 0.15) is 6.04 Å². The predicted octanol–water partition coefficient (Wildman–Crippen LogP) is 1.93. The van der Waals surface area contributed by atoms with Gasteiger partial charge in [-0.1, -0.05) is 30.3 Å². The van der Waals surface area contributed by atoms with Crippen molar-refractivity contribution in [2.24, 2.45) is 5.73 Å². The van der Waals surface area contributed by atoms with Crippen molar-refractivity contribution in [1.82, 2.24) is 4.90 Å². The molecule has 2 nitrogen and oxygen atoms in total. The first-order valence-electron chi connectivity index (χ1n) is 5.10. The zero-order chi connectivity index (χ0) is 11.8. The lowest BCUT2D eigenvalue weighted by Crippen LogP contribution is -2.59. The molecule has 0 spiro atoms. The first kappa shape index (κ1) is 11.4. The van der Waals surface area contributed by atoms with Gasteiger partial charge in [-0.15, -0.1) is 0 Å². The van der Waals surface area contributed by atoms with Crippen molar-refractivity contribution in [2.75, 3.05) is 13.1 Å². The quantitative estimate of drug-likeness (QED) is 0.841. The summed E-state index contributed by atoms with van der Waals surface area (Å²) < 4.78 is 38.8. The zero-order valence-corrected chi connectivity index (χ0v) is 8.61. The number of alkyl halides is 3. The molecular formula is C11H13F3N2. The molecule has 5 heteroatoms. The average molecular weight is 230 g/mol. The summed E-state index contributed by atoms with van der Waals surface area (Å²) >= 11 is 0. The number of nitrogens with two attached hydrogens (primary N) is 1. The molecule has 1 aromatic rings. The Morgan fingerprint density at radius 2 is 1.75 bits per heavy atom. The second-order valence-electron chi connectivity index (χ2n) is 4.07. The smallest absolute Gasteiger partial charge is 0.325 e. The van der Waals surface area contributed by atoms with Crippen LogP contribution in [0.15, 0.2) is 30.3 Å². The second kappa shape index (κ2) is 4.07. The number of rotatable bonds is 2. The Hall–Kier alpha value is -1.07. The lowest BCUT2D eigenvalue weighted by molar-refractivity contribution is -0.197. The SMILES string of the molecule is NC1CN(C(c2ccccc2)C(F)(F)F)C1.